The molecule has 1 rings (SSSR count). The third-order valence-electron chi connectivity index (χ3n) is 2.39. The fourth-order valence-corrected chi connectivity index (χ4v) is 1.39. The smallest absolute Gasteiger partial charge is 0.319 e. The largest absolute Gasteiger partial charge is 0.497 e. The quantitative estimate of drug-likeness (QED) is 0.697. The molecule has 0 atom stereocenters. The molecule has 0 bridgehead atoms. The predicted molar refractivity (Wildman–Crippen MR) is 71.9 cm³/mol. The molecule has 0 aliphatic carbocycles. The average Bonchev–Trinajstić information content (AvgIpc) is 2.43. The second-order valence-electron chi connectivity index (χ2n) is 3.97. The fourth-order valence-electron chi connectivity index (χ4n) is 1.39. The minimum absolute atomic E-state index is 0.102. The number of carbonyl (C=O) groups excluding carboxylic acids is 2. The number of hydrogen-bond acceptors (Lipinski definition) is 4. The highest BCUT2D eigenvalue weighted by Gasteiger charge is 2.08. The first-order chi connectivity index (χ1) is 9.51. The van der Waals surface area contributed by atoms with Crippen LogP contribution in [0.5, 0.6) is 5.75 Å². The summed E-state index contributed by atoms with van der Waals surface area (Å²) in [4.78, 5) is 33.1. The van der Waals surface area contributed by atoms with Gasteiger partial charge in [0.1, 0.15) is 5.75 Å². The number of carbonyl (C=O) groups is 3. The topological polar surface area (TPSA) is 105 Å². The maximum absolute atomic E-state index is 11.5. The molecule has 7 nitrogen and oxygen atoms in total. The molecule has 108 valence electrons. The van der Waals surface area contributed by atoms with Gasteiger partial charge in [-0.2, -0.15) is 0 Å². The van der Waals surface area contributed by atoms with E-state index in [0.29, 0.717) is 11.4 Å². The number of carboxylic acid groups (broad SMARTS) is 1. The Bertz CT molecular complexity index is 501. The van der Waals surface area contributed by atoms with Crippen LogP contribution in [0.4, 0.5) is 10.5 Å². The Morgan fingerprint density at radius 1 is 1.25 bits per heavy atom. The van der Waals surface area contributed by atoms with E-state index in [1.807, 2.05) is 0 Å². The molecule has 0 aliphatic rings. The van der Waals surface area contributed by atoms with E-state index in [-0.39, 0.29) is 25.2 Å². The molecule has 0 heterocycles. The SMILES string of the molecule is COc1cccc(NC(=O)NCC(=O)CCC(=O)O)c1. The zero-order valence-corrected chi connectivity index (χ0v) is 11.0. The van der Waals surface area contributed by atoms with Crippen molar-refractivity contribution >= 4 is 23.5 Å². The van der Waals surface area contributed by atoms with Gasteiger partial charge in [0, 0.05) is 18.2 Å². The zero-order valence-electron chi connectivity index (χ0n) is 11.0. The van der Waals surface area contributed by atoms with Crippen LogP contribution in [-0.2, 0) is 9.59 Å². The van der Waals surface area contributed by atoms with Crippen molar-refractivity contribution in [2.45, 2.75) is 12.8 Å². The molecule has 0 saturated heterocycles. The van der Waals surface area contributed by atoms with Gasteiger partial charge in [0.2, 0.25) is 0 Å². The number of amides is 2. The Labute approximate surface area is 115 Å². The average molecular weight is 280 g/mol. The second-order valence-corrected chi connectivity index (χ2v) is 3.97. The second kappa shape index (κ2) is 7.78. The molecule has 0 fully saturated rings. The highest BCUT2D eigenvalue weighted by molar-refractivity contribution is 5.93. The van der Waals surface area contributed by atoms with Crippen molar-refractivity contribution in [2.75, 3.05) is 19.0 Å². The normalized spacial score (nSPS) is 9.65. The van der Waals surface area contributed by atoms with Crippen LogP contribution in [0.2, 0.25) is 0 Å². The molecule has 0 aromatic heterocycles. The van der Waals surface area contributed by atoms with Gasteiger partial charge in [0.15, 0.2) is 5.78 Å². The van der Waals surface area contributed by atoms with E-state index >= 15 is 0 Å². The van der Waals surface area contributed by atoms with Gasteiger partial charge < -0.3 is 20.5 Å². The van der Waals surface area contributed by atoms with Crippen LogP contribution in [-0.4, -0.2) is 36.5 Å². The van der Waals surface area contributed by atoms with E-state index in [1.165, 1.54) is 7.11 Å². The molecule has 0 unspecified atom stereocenters. The number of urea groups is 1. The van der Waals surface area contributed by atoms with Gasteiger partial charge in [-0.1, -0.05) is 6.07 Å². The molecule has 0 aliphatic heterocycles. The van der Waals surface area contributed by atoms with Gasteiger partial charge in [-0.25, -0.2) is 4.79 Å². The first kappa shape index (κ1) is 15.5. The van der Waals surface area contributed by atoms with E-state index in [4.69, 9.17) is 9.84 Å². The van der Waals surface area contributed by atoms with E-state index in [9.17, 15) is 14.4 Å². The van der Waals surface area contributed by atoms with Crippen molar-refractivity contribution in [2.24, 2.45) is 0 Å². The van der Waals surface area contributed by atoms with E-state index < -0.39 is 12.0 Å². The summed E-state index contributed by atoms with van der Waals surface area (Å²) in [6.07, 6.45) is -0.340. The summed E-state index contributed by atoms with van der Waals surface area (Å²) in [7, 11) is 1.51. The molecule has 1 aromatic carbocycles. The Hall–Kier alpha value is -2.57. The number of anilines is 1. The molecule has 3 N–H and O–H groups in total. The number of Topliss-reactive ketones (excluding diaryl/α,β-unsaturated/α-hetero) is 1. The summed E-state index contributed by atoms with van der Waals surface area (Å²) >= 11 is 0. The number of ether oxygens (including phenoxy) is 1. The van der Waals surface area contributed by atoms with Gasteiger partial charge in [-0.15, -0.1) is 0 Å². The van der Waals surface area contributed by atoms with Crippen LogP contribution in [0.1, 0.15) is 12.8 Å². The molecule has 0 radical (unpaired) electrons. The molecule has 0 saturated carbocycles. The van der Waals surface area contributed by atoms with Crippen molar-refractivity contribution < 1.29 is 24.2 Å². The van der Waals surface area contributed by atoms with Crippen molar-refractivity contribution in [1.82, 2.24) is 5.32 Å². The van der Waals surface area contributed by atoms with Gasteiger partial charge >= 0.3 is 12.0 Å². The van der Waals surface area contributed by atoms with E-state index in [2.05, 4.69) is 10.6 Å². The molecule has 7 heteroatoms. The number of benzene rings is 1. The maximum atomic E-state index is 11.5. The number of hydrogen-bond donors (Lipinski definition) is 3. The van der Waals surface area contributed by atoms with Gasteiger partial charge in [-0.05, 0) is 12.1 Å². The van der Waals surface area contributed by atoms with Crippen molar-refractivity contribution in [3.8, 4) is 5.75 Å². The first-order valence-corrected chi connectivity index (χ1v) is 5.93. The lowest BCUT2D eigenvalue weighted by molar-refractivity contribution is -0.138. The van der Waals surface area contributed by atoms with Crippen LogP contribution in [0.3, 0.4) is 0 Å². The van der Waals surface area contributed by atoms with Gasteiger partial charge in [-0.3, -0.25) is 9.59 Å². The molecular formula is C13H16N2O5. The summed E-state index contributed by atoms with van der Waals surface area (Å²) in [5, 5.41) is 13.3. The van der Waals surface area contributed by atoms with Crippen LogP contribution < -0.4 is 15.4 Å². The number of nitrogens with one attached hydrogen (secondary N) is 2. The molecule has 0 spiro atoms. The standard InChI is InChI=1S/C13H16N2O5/c1-20-11-4-2-3-9(7-11)15-13(19)14-8-10(16)5-6-12(17)18/h2-4,7H,5-6,8H2,1H3,(H,17,18)(H2,14,15,19). The third kappa shape index (κ3) is 5.85. The lowest BCUT2D eigenvalue weighted by atomic mass is 10.2. The minimum Gasteiger partial charge on any atom is -0.497 e. The molecular weight excluding hydrogens is 264 g/mol. The lowest BCUT2D eigenvalue weighted by Gasteiger charge is -2.08. The lowest BCUT2D eigenvalue weighted by Crippen LogP contribution is -2.33. The zero-order chi connectivity index (χ0) is 15.0. The first-order valence-electron chi connectivity index (χ1n) is 5.93. The number of aliphatic carboxylic acids is 1. The summed E-state index contributed by atoms with van der Waals surface area (Å²) in [5.74, 6) is -0.785. The number of rotatable bonds is 7. The maximum Gasteiger partial charge on any atom is 0.319 e. The van der Waals surface area contributed by atoms with Crippen LogP contribution in [0, 0.1) is 0 Å². The fraction of sp³-hybridized carbons (Fsp3) is 0.308. The van der Waals surface area contributed by atoms with Gasteiger partial charge in [0.05, 0.1) is 20.1 Å². The summed E-state index contributed by atoms with van der Waals surface area (Å²) < 4.78 is 5.01. The Balaban J connectivity index is 2.36. The third-order valence-corrected chi connectivity index (χ3v) is 2.39. The Morgan fingerprint density at radius 3 is 2.65 bits per heavy atom. The van der Waals surface area contributed by atoms with Crippen molar-refractivity contribution in [3.05, 3.63) is 24.3 Å². The van der Waals surface area contributed by atoms with Crippen molar-refractivity contribution in [1.29, 1.82) is 0 Å². The Morgan fingerprint density at radius 2 is 2.00 bits per heavy atom. The minimum atomic E-state index is -1.04. The summed E-state index contributed by atoms with van der Waals surface area (Å²) in [6.45, 7) is -0.205. The van der Waals surface area contributed by atoms with Crippen LogP contribution in [0.15, 0.2) is 24.3 Å². The highest BCUT2D eigenvalue weighted by Crippen LogP contribution is 2.16. The highest BCUT2D eigenvalue weighted by atomic mass is 16.5. The van der Waals surface area contributed by atoms with E-state index in [0.717, 1.165) is 0 Å². The van der Waals surface area contributed by atoms with Gasteiger partial charge in [0.25, 0.3) is 0 Å². The van der Waals surface area contributed by atoms with Crippen LogP contribution >= 0.6 is 0 Å². The molecule has 1 aromatic rings. The Kier molecular flexibility index (Phi) is 6.02. The number of carboxylic acids is 1. The van der Waals surface area contributed by atoms with Crippen LogP contribution in [0.25, 0.3) is 0 Å². The monoisotopic (exact) mass is 280 g/mol. The number of methoxy groups -OCH3 is 1. The van der Waals surface area contributed by atoms with Crippen molar-refractivity contribution in [3.63, 3.8) is 0 Å². The summed E-state index contributed by atoms with van der Waals surface area (Å²) in [6, 6.07) is 6.22. The molecule has 2 amide bonds. The summed E-state index contributed by atoms with van der Waals surface area (Å²) in [5.41, 5.74) is 0.528. The molecule has 20 heavy (non-hydrogen) atoms. The van der Waals surface area contributed by atoms with E-state index in [1.54, 1.807) is 24.3 Å². The number of ketones is 1. The predicted octanol–water partition coefficient (Wildman–Crippen LogP) is 1.25.